The van der Waals surface area contributed by atoms with Crippen LogP contribution in [0.5, 0.6) is 5.75 Å². The molecule has 24 heavy (non-hydrogen) atoms. The smallest absolute Gasteiger partial charge is 0.258 e. The summed E-state index contributed by atoms with van der Waals surface area (Å²) in [6, 6.07) is 9.05. The van der Waals surface area contributed by atoms with E-state index in [9.17, 15) is 4.79 Å². The van der Waals surface area contributed by atoms with Crippen LogP contribution < -0.4 is 10.1 Å². The Morgan fingerprint density at radius 3 is 2.42 bits per heavy atom. The van der Waals surface area contributed by atoms with Crippen LogP contribution in [-0.4, -0.2) is 12.5 Å². The van der Waals surface area contributed by atoms with Crippen LogP contribution in [0.4, 0.5) is 0 Å². The molecule has 5 heteroatoms. The number of amides is 1. The molecule has 2 aromatic carbocycles. The average Bonchev–Trinajstić information content (AvgIpc) is 2.50. The van der Waals surface area contributed by atoms with Crippen molar-refractivity contribution in [3.63, 3.8) is 0 Å². The molecule has 0 fully saturated rings. The minimum atomic E-state index is -0.203. The van der Waals surface area contributed by atoms with Gasteiger partial charge in [0.15, 0.2) is 6.61 Å². The van der Waals surface area contributed by atoms with Gasteiger partial charge in [0, 0.05) is 5.02 Å². The molecule has 128 valence electrons. The van der Waals surface area contributed by atoms with Crippen molar-refractivity contribution in [3.8, 4) is 5.75 Å². The number of hydrogen-bond donors (Lipinski definition) is 1. The monoisotopic (exact) mass is 365 g/mol. The van der Waals surface area contributed by atoms with Crippen molar-refractivity contribution in [3.05, 3.63) is 62.6 Å². The summed E-state index contributed by atoms with van der Waals surface area (Å²) in [5, 5.41) is 3.86. The largest absolute Gasteiger partial charge is 0.482 e. The van der Waals surface area contributed by atoms with Crippen molar-refractivity contribution < 1.29 is 9.53 Å². The number of ether oxygens (including phenoxy) is 1. The summed E-state index contributed by atoms with van der Waals surface area (Å²) in [6.45, 7) is 8.06. The lowest BCUT2D eigenvalue weighted by atomic mass is 9.96. The van der Waals surface area contributed by atoms with E-state index >= 15 is 0 Å². The third kappa shape index (κ3) is 4.65. The van der Waals surface area contributed by atoms with Crippen molar-refractivity contribution in [2.45, 2.75) is 33.7 Å². The van der Waals surface area contributed by atoms with E-state index in [1.54, 1.807) is 18.2 Å². The van der Waals surface area contributed by atoms with E-state index < -0.39 is 0 Å². The highest BCUT2D eigenvalue weighted by Crippen LogP contribution is 2.27. The van der Waals surface area contributed by atoms with E-state index in [4.69, 9.17) is 27.9 Å². The van der Waals surface area contributed by atoms with Crippen molar-refractivity contribution in [2.24, 2.45) is 0 Å². The maximum atomic E-state index is 12.1. The summed E-state index contributed by atoms with van der Waals surface area (Å²) in [7, 11) is 0. The fourth-order valence-corrected chi connectivity index (χ4v) is 3.01. The van der Waals surface area contributed by atoms with Crippen LogP contribution >= 0.6 is 23.2 Å². The Kier molecular flexibility index (Phi) is 6.14. The molecule has 0 saturated heterocycles. The molecule has 2 rings (SSSR count). The van der Waals surface area contributed by atoms with Crippen LogP contribution in [-0.2, 0) is 4.79 Å². The lowest BCUT2D eigenvalue weighted by Crippen LogP contribution is -2.31. The zero-order valence-electron chi connectivity index (χ0n) is 14.2. The normalized spacial score (nSPS) is 11.9. The Balaban J connectivity index is 1.98. The Morgan fingerprint density at radius 1 is 1.08 bits per heavy atom. The highest BCUT2D eigenvalue weighted by molar-refractivity contribution is 6.35. The lowest BCUT2D eigenvalue weighted by Gasteiger charge is -2.18. The summed E-state index contributed by atoms with van der Waals surface area (Å²) < 4.78 is 5.46. The van der Waals surface area contributed by atoms with E-state index in [0.717, 1.165) is 11.1 Å². The first-order valence-electron chi connectivity index (χ1n) is 7.73. The summed E-state index contributed by atoms with van der Waals surface area (Å²) in [5.74, 6) is 0.234. The molecule has 0 aliphatic carbocycles. The van der Waals surface area contributed by atoms with Gasteiger partial charge in [0.1, 0.15) is 5.75 Å². The fraction of sp³-hybridized carbons (Fsp3) is 0.316. The Hall–Kier alpha value is -1.71. The predicted octanol–water partition coefficient (Wildman–Crippen LogP) is 5.17. The first kappa shape index (κ1) is 18.6. The number of benzene rings is 2. The van der Waals surface area contributed by atoms with Gasteiger partial charge in [-0.2, -0.15) is 0 Å². The highest BCUT2D eigenvalue weighted by atomic mass is 35.5. The van der Waals surface area contributed by atoms with Crippen LogP contribution in [0.15, 0.2) is 30.3 Å². The van der Waals surface area contributed by atoms with Crippen LogP contribution in [0.1, 0.15) is 35.2 Å². The Bertz CT molecular complexity index is 759. The molecule has 2 aromatic rings. The van der Waals surface area contributed by atoms with Gasteiger partial charge in [0.25, 0.3) is 5.91 Å². The van der Waals surface area contributed by atoms with Crippen molar-refractivity contribution >= 4 is 29.1 Å². The molecule has 1 atom stereocenters. The molecule has 0 aliphatic heterocycles. The number of carbonyl (C=O) groups is 1. The Labute approximate surface area is 152 Å². The Morgan fingerprint density at radius 2 is 1.75 bits per heavy atom. The zero-order chi connectivity index (χ0) is 17.9. The van der Waals surface area contributed by atoms with E-state index in [0.29, 0.717) is 15.8 Å². The van der Waals surface area contributed by atoms with Crippen LogP contribution in [0, 0.1) is 20.8 Å². The minimum Gasteiger partial charge on any atom is -0.482 e. The third-order valence-corrected chi connectivity index (χ3v) is 4.51. The molecule has 0 bridgehead atoms. The second kappa shape index (κ2) is 7.91. The molecule has 0 saturated carbocycles. The van der Waals surface area contributed by atoms with Gasteiger partial charge in [-0.15, -0.1) is 0 Å². The molecular weight excluding hydrogens is 345 g/mol. The van der Waals surface area contributed by atoms with E-state index in [1.165, 1.54) is 11.1 Å². The predicted molar refractivity (Wildman–Crippen MR) is 99.2 cm³/mol. The summed E-state index contributed by atoms with van der Waals surface area (Å²) >= 11 is 11.9. The van der Waals surface area contributed by atoms with Gasteiger partial charge >= 0.3 is 0 Å². The van der Waals surface area contributed by atoms with Gasteiger partial charge in [0.2, 0.25) is 0 Å². The maximum Gasteiger partial charge on any atom is 0.258 e. The van der Waals surface area contributed by atoms with Gasteiger partial charge in [-0.3, -0.25) is 4.79 Å². The molecule has 0 radical (unpaired) electrons. The summed E-state index contributed by atoms with van der Waals surface area (Å²) in [6.07, 6.45) is 0. The topological polar surface area (TPSA) is 38.3 Å². The van der Waals surface area contributed by atoms with Gasteiger partial charge in [0.05, 0.1) is 11.1 Å². The molecule has 0 unspecified atom stereocenters. The number of hydrogen-bond acceptors (Lipinski definition) is 2. The minimum absolute atomic E-state index is 0.0962. The van der Waals surface area contributed by atoms with E-state index in [2.05, 4.69) is 38.2 Å². The van der Waals surface area contributed by atoms with E-state index in [1.807, 2.05) is 6.92 Å². The first-order chi connectivity index (χ1) is 11.3. The maximum absolute atomic E-state index is 12.1. The van der Waals surface area contributed by atoms with Crippen molar-refractivity contribution in [2.75, 3.05) is 6.61 Å². The standard InChI is InChI=1S/C19H21Cl2NO2/c1-11-7-13(3)16(8-12(11)2)14(4)22-19(23)10-24-18-6-5-15(20)9-17(18)21/h5-9,14H,10H2,1-4H3,(H,22,23)/t14-/m0/s1. The number of aryl methyl sites for hydroxylation is 3. The van der Waals surface area contributed by atoms with Gasteiger partial charge in [-0.1, -0.05) is 35.3 Å². The second-order valence-electron chi connectivity index (χ2n) is 5.95. The van der Waals surface area contributed by atoms with Crippen molar-refractivity contribution in [1.82, 2.24) is 5.32 Å². The van der Waals surface area contributed by atoms with Crippen LogP contribution in [0.25, 0.3) is 0 Å². The zero-order valence-corrected chi connectivity index (χ0v) is 15.8. The number of rotatable bonds is 5. The highest BCUT2D eigenvalue weighted by Gasteiger charge is 2.14. The molecule has 1 amide bonds. The molecular formula is C19H21Cl2NO2. The average molecular weight is 366 g/mol. The molecule has 1 N–H and O–H groups in total. The van der Waals surface area contributed by atoms with Crippen LogP contribution in [0.3, 0.4) is 0 Å². The van der Waals surface area contributed by atoms with Gasteiger partial charge in [-0.05, 0) is 68.1 Å². The number of nitrogens with one attached hydrogen (secondary N) is 1. The lowest BCUT2D eigenvalue weighted by molar-refractivity contribution is -0.123. The third-order valence-electron chi connectivity index (χ3n) is 3.98. The quantitative estimate of drug-likeness (QED) is 0.792. The molecule has 0 aromatic heterocycles. The SMILES string of the molecule is Cc1cc(C)c([C@H](C)NC(=O)COc2ccc(Cl)cc2Cl)cc1C. The first-order valence-corrected chi connectivity index (χ1v) is 8.48. The fourth-order valence-electron chi connectivity index (χ4n) is 2.55. The van der Waals surface area contributed by atoms with Crippen molar-refractivity contribution in [1.29, 1.82) is 0 Å². The number of halogens is 2. The van der Waals surface area contributed by atoms with Gasteiger partial charge in [-0.25, -0.2) is 0 Å². The van der Waals surface area contributed by atoms with E-state index in [-0.39, 0.29) is 18.6 Å². The second-order valence-corrected chi connectivity index (χ2v) is 6.79. The van der Waals surface area contributed by atoms with Crippen LogP contribution in [0.2, 0.25) is 10.0 Å². The number of carbonyl (C=O) groups excluding carboxylic acids is 1. The molecule has 0 spiro atoms. The summed E-state index contributed by atoms with van der Waals surface area (Å²) in [4.78, 5) is 12.1. The summed E-state index contributed by atoms with van der Waals surface area (Å²) in [5.41, 5.74) is 4.72. The molecule has 0 heterocycles. The molecule has 0 aliphatic rings. The van der Waals surface area contributed by atoms with Gasteiger partial charge < -0.3 is 10.1 Å². The molecule has 3 nitrogen and oxygen atoms in total.